The maximum Gasteiger partial charge on any atom is 0.280 e. The van der Waals surface area contributed by atoms with Crippen LogP contribution in [0.25, 0.3) is 10.2 Å². The van der Waals surface area contributed by atoms with Crippen molar-refractivity contribution in [1.82, 2.24) is 4.57 Å². The van der Waals surface area contributed by atoms with Crippen molar-refractivity contribution in [1.29, 1.82) is 0 Å². The van der Waals surface area contributed by atoms with Crippen molar-refractivity contribution in [2.24, 2.45) is 4.99 Å². The van der Waals surface area contributed by atoms with Crippen LogP contribution in [0.1, 0.15) is 10.4 Å². The Labute approximate surface area is 166 Å². The minimum Gasteiger partial charge on any atom is -0.383 e. The summed E-state index contributed by atoms with van der Waals surface area (Å²) < 4.78 is 8.65. The van der Waals surface area contributed by atoms with Gasteiger partial charge in [-0.1, -0.05) is 46.7 Å². The average Bonchev–Trinajstić information content (AvgIpc) is 2.94. The lowest BCUT2D eigenvalue weighted by atomic mass is 10.2. The van der Waals surface area contributed by atoms with Crippen molar-refractivity contribution in [3.8, 4) is 0 Å². The maximum atomic E-state index is 12.6. The number of methoxy groups -OCH3 is 1. The largest absolute Gasteiger partial charge is 0.383 e. The molecular formula is C17H13BrCl2N2O2S. The molecule has 0 N–H and O–H groups in total. The Kier molecular flexibility index (Phi) is 5.96. The standard InChI is InChI=1S/C17H13BrCl2N2O2S/c1-24-9-8-22-15-13(7-6-12(19)14(15)20)25-17(22)21-16(23)10-4-2-3-5-11(10)18/h2-7H,8-9H2,1H3. The second-order valence-corrected chi connectivity index (χ2v) is 7.78. The zero-order valence-corrected chi connectivity index (χ0v) is 17.0. The first kappa shape index (κ1) is 18.6. The third-order valence-corrected chi connectivity index (χ3v) is 6.08. The highest BCUT2D eigenvalue weighted by Crippen LogP contribution is 2.32. The highest BCUT2D eigenvalue weighted by atomic mass is 79.9. The molecule has 2 aromatic carbocycles. The molecule has 0 fully saturated rings. The van der Waals surface area contributed by atoms with Crippen LogP contribution in [0.15, 0.2) is 45.9 Å². The monoisotopic (exact) mass is 458 g/mol. The summed E-state index contributed by atoms with van der Waals surface area (Å²) >= 11 is 17.3. The average molecular weight is 460 g/mol. The molecule has 0 unspecified atom stereocenters. The molecule has 8 heteroatoms. The summed E-state index contributed by atoms with van der Waals surface area (Å²) in [5.41, 5.74) is 1.26. The smallest absolute Gasteiger partial charge is 0.280 e. The van der Waals surface area contributed by atoms with Gasteiger partial charge in [0, 0.05) is 18.1 Å². The Balaban J connectivity index is 2.19. The van der Waals surface area contributed by atoms with Gasteiger partial charge in [-0.05, 0) is 40.2 Å². The maximum absolute atomic E-state index is 12.6. The molecule has 4 nitrogen and oxygen atoms in total. The van der Waals surface area contributed by atoms with E-state index in [4.69, 9.17) is 27.9 Å². The van der Waals surface area contributed by atoms with Gasteiger partial charge in [0.2, 0.25) is 0 Å². The molecule has 1 aromatic heterocycles. The number of carbonyl (C=O) groups excluding carboxylic acids is 1. The van der Waals surface area contributed by atoms with Crippen LogP contribution in [0.5, 0.6) is 0 Å². The van der Waals surface area contributed by atoms with E-state index in [0.29, 0.717) is 38.0 Å². The molecule has 0 aliphatic heterocycles. The Hall–Kier alpha value is -1.18. The fourth-order valence-electron chi connectivity index (χ4n) is 2.36. The minimum absolute atomic E-state index is 0.326. The first-order valence-electron chi connectivity index (χ1n) is 7.32. The predicted octanol–water partition coefficient (Wildman–Crippen LogP) is 5.16. The number of ether oxygens (including phenoxy) is 1. The molecule has 0 radical (unpaired) electrons. The van der Waals surface area contributed by atoms with Gasteiger partial charge in [-0.3, -0.25) is 4.79 Å². The molecule has 0 bridgehead atoms. The number of hydrogen-bond acceptors (Lipinski definition) is 3. The normalized spacial score (nSPS) is 12.1. The summed E-state index contributed by atoms with van der Waals surface area (Å²) in [6.45, 7) is 0.976. The number of thiazole rings is 1. The molecule has 25 heavy (non-hydrogen) atoms. The van der Waals surface area contributed by atoms with E-state index in [9.17, 15) is 4.79 Å². The van der Waals surface area contributed by atoms with E-state index in [2.05, 4.69) is 20.9 Å². The van der Waals surface area contributed by atoms with Gasteiger partial charge in [0.1, 0.15) is 0 Å². The van der Waals surface area contributed by atoms with Crippen LogP contribution in [0.4, 0.5) is 0 Å². The second-order valence-electron chi connectivity index (χ2n) is 5.13. The van der Waals surface area contributed by atoms with Gasteiger partial charge in [0.05, 0.1) is 32.4 Å². The van der Waals surface area contributed by atoms with Crippen LogP contribution >= 0.6 is 50.5 Å². The van der Waals surface area contributed by atoms with Crippen LogP contribution in [-0.4, -0.2) is 24.2 Å². The van der Waals surface area contributed by atoms with Crippen LogP contribution in [0.2, 0.25) is 10.0 Å². The molecule has 130 valence electrons. The highest BCUT2D eigenvalue weighted by Gasteiger charge is 2.14. The third kappa shape index (κ3) is 3.83. The number of carbonyl (C=O) groups is 1. The Morgan fingerprint density at radius 2 is 2.04 bits per heavy atom. The molecule has 3 rings (SSSR count). The van der Waals surface area contributed by atoms with E-state index < -0.39 is 0 Å². The van der Waals surface area contributed by atoms with Crippen LogP contribution < -0.4 is 4.80 Å². The van der Waals surface area contributed by atoms with Crippen molar-refractivity contribution < 1.29 is 9.53 Å². The van der Waals surface area contributed by atoms with Gasteiger partial charge in [-0.15, -0.1) is 0 Å². The van der Waals surface area contributed by atoms with E-state index in [1.54, 1.807) is 25.3 Å². The molecule has 0 aliphatic rings. The lowest BCUT2D eigenvalue weighted by molar-refractivity contribution is 0.0996. The first-order chi connectivity index (χ1) is 12.0. The van der Waals surface area contributed by atoms with E-state index in [1.165, 1.54) is 11.3 Å². The zero-order valence-electron chi connectivity index (χ0n) is 13.1. The van der Waals surface area contributed by atoms with Crippen molar-refractivity contribution in [2.45, 2.75) is 6.54 Å². The number of aromatic nitrogens is 1. The van der Waals surface area contributed by atoms with Crippen molar-refractivity contribution in [3.05, 3.63) is 61.3 Å². The summed E-state index contributed by atoms with van der Waals surface area (Å²) in [6.07, 6.45) is 0. The van der Waals surface area contributed by atoms with Crippen LogP contribution in [-0.2, 0) is 11.3 Å². The van der Waals surface area contributed by atoms with E-state index in [0.717, 1.165) is 10.2 Å². The number of fused-ring (bicyclic) bond motifs is 1. The van der Waals surface area contributed by atoms with Crippen molar-refractivity contribution in [2.75, 3.05) is 13.7 Å². The molecule has 0 aliphatic carbocycles. The molecule has 3 aromatic rings. The lowest BCUT2D eigenvalue weighted by Gasteiger charge is -2.06. The molecular weight excluding hydrogens is 447 g/mol. The fourth-order valence-corrected chi connectivity index (χ4v) is 4.35. The van der Waals surface area contributed by atoms with E-state index >= 15 is 0 Å². The summed E-state index contributed by atoms with van der Waals surface area (Å²) in [5, 5.41) is 0.906. The van der Waals surface area contributed by atoms with Crippen molar-refractivity contribution >= 4 is 66.6 Å². The quantitative estimate of drug-likeness (QED) is 0.540. The summed E-state index contributed by atoms with van der Waals surface area (Å²) in [6, 6.07) is 10.8. The highest BCUT2D eigenvalue weighted by molar-refractivity contribution is 9.10. The Morgan fingerprint density at radius 1 is 1.28 bits per heavy atom. The number of halogens is 3. The minimum atomic E-state index is -0.326. The van der Waals surface area contributed by atoms with Crippen LogP contribution in [0.3, 0.4) is 0 Å². The van der Waals surface area contributed by atoms with Gasteiger partial charge < -0.3 is 9.30 Å². The Morgan fingerprint density at radius 3 is 2.76 bits per heavy atom. The molecule has 0 saturated carbocycles. The molecule has 1 heterocycles. The predicted molar refractivity (Wildman–Crippen MR) is 106 cm³/mol. The fraction of sp³-hybridized carbons (Fsp3) is 0.176. The lowest BCUT2D eigenvalue weighted by Crippen LogP contribution is -2.19. The van der Waals surface area contributed by atoms with Crippen LogP contribution in [0, 0.1) is 0 Å². The number of benzene rings is 2. The first-order valence-corrected chi connectivity index (χ1v) is 9.69. The van der Waals surface area contributed by atoms with E-state index in [-0.39, 0.29) is 5.91 Å². The zero-order chi connectivity index (χ0) is 18.0. The SMILES string of the molecule is COCCn1c(=NC(=O)c2ccccc2Br)sc2ccc(Cl)c(Cl)c21. The van der Waals surface area contributed by atoms with Gasteiger partial charge >= 0.3 is 0 Å². The molecule has 0 saturated heterocycles. The second kappa shape index (κ2) is 8.01. The van der Waals surface area contributed by atoms with Crippen molar-refractivity contribution in [3.63, 3.8) is 0 Å². The third-order valence-electron chi connectivity index (χ3n) is 3.55. The van der Waals surface area contributed by atoms with Gasteiger partial charge in [-0.25, -0.2) is 0 Å². The summed E-state index contributed by atoms with van der Waals surface area (Å²) in [7, 11) is 1.62. The van der Waals surface area contributed by atoms with Gasteiger partial charge in [0.25, 0.3) is 5.91 Å². The number of rotatable bonds is 4. The Bertz CT molecular complexity index is 1010. The molecule has 0 atom stereocenters. The molecule has 0 spiro atoms. The number of amides is 1. The van der Waals surface area contributed by atoms with Gasteiger partial charge in [-0.2, -0.15) is 4.99 Å². The number of nitrogens with zero attached hydrogens (tertiary/aromatic N) is 2. The topological polar surface area (TPSA) is 43.6 Å². The summed E-state index contributed by atoms with van der Waals surface area (Å²) in [5.74, 6) is -0.326. The number of hydrogen-bond donors (Lipinski definition) is 0. The molecule has 1 amide bonds. The van der Waals surface area contributed by atoms with E-state index in [1.807, 2.05) is 22.8 Å². The summed E-state index contributed by atoms with van der Waals surface area (Å²) in [4.78, 5) is 17.5. The van der Waals surface area contributed by atoms with Gasteiger partial charge in [0.15, 0.2) is 4.80 Å².